The number of piperazine rings is 1. The van der Waals surface area contributed by atoms with Gasteiger partial charge >= 0.3 is 0 Å². The van der Waals surface area contributed by atoms with Crippen LogP contribution in [0, 0.1) is 0 Å². The van der Waals surface area contributed by atoms with Crippen molar-refractivity contribution in [2.75, 3.05) is 51.3 Å². The molecule has 1 aromatic heterocycles. The van der Waals surface area contributed by atoms with Crippen molar-refractivity contribution in [3.05, 3.63) is 47.1 Å². The molecule has 2 heterocycles. The summed E-state index contributed by atoms with van der Waals surface area (Å²) in [7, 11) is -2.35. The first-order valence-corrected chi connectivity index (χ1v) is 12.0. The summed E-state index contributed by atoms with van der Waals surface area (Å²) >= 11 is 5.98. The average Bonchev–Trinajstić information content (AvgIpc) is 2.79. The molecule has 2 aromatic rings. The Labute approximate surface area is 188 Å². The van der Waals surface area contributed by atoms with Gasteiger partial charge in [-0.05, 0) is 30.3 Å². The Morgan fingerprint density at radius 2 is 1.81 bits per heavy atom. The molecule has 0 atom stereocenters. The second kappa shape index (κ2) is 9.84. The first kappa shape index (κ1) is 23.3. The minimum absolute atomic E-state index is 0.00585. The second-order valence-corrected chi connectivity index (χ2v) is 9.35. The van der Waals surface area contributed by atoms with Crippen LogP contribution in [0.2, 0.25) is 5.15 Å². The number of anilines is 1. The molecule has 10 heteroatoms. The lowest BCUT2D eigenvalue weighted by molar-refractivity contribution is 0.0746. The highest BCUT2D eigenvalue weighted by Crippen LogP contribution is 2.28. The van der Waals surface area contributed by atoms with Gasteiger partial charge in [-0.15, -0.1) is 0 Å². The molecule has 8 nitrogen and oxygen atoms in total. The van der Waals surface area contributed by atoms with E-state index in [1.807, 2.05) is 12.1 Å². The van der Waals surface area contributed by atoms with Gasteiger partial charge in [0, 0.05) is 44.8 Å². The van der Waals surface area contributed by atoms with Crippen molar-refractivity contribution in [2.45, 2.75) is 18.7 Å². The number of carbonyl (C=O) groups excluding carboxylic acids is 1. The number of sulfonamides is 1. The quantitative estimate of drug-likeness (QED) is 0.583. The summed E-state index contributed by atoms with van der Waals surface area (Å²) in [5.74, 6) is 0.786. The van der Waals surface area contributed by atoms with E-state index in [9.17, 15) is 13.2 Å². The molecule has 1 amide bonds. The van der Waals surface area contributed by atoms with Gasteiger partial charge in [-0.25, -0.2) is 13.4 Å². The van der Waals surface area contributed by atoms with Crippen LogP contribution in [0.4, 0.5) is 5.82 Å². The minimum atomic E-state index is -3.77. The van der Waals surface area contributed by atoms with Gasteiger partial charge in [0.1, 0.15) is 21.6 Å². The van der Waals surface area contributed by atoms with Gasteiger partial charge in [0.05, 0.1) is 7.11 Å². The van der Waals surface area contributed by atoms with Gasteiger partial charge < -0.3 is 14.5 Å². The number of amides is 1. The number of carbonyl (C=O) groups is 1. The topological polar surface area (TPSA) is 83.1 Å². The molecular formula is C21H27ClN4O4S. The van der Waals surface area contributed by atoms with Crippen molar-refractivity contribution in [1.29, 1.82) is 0 Å². The molecule has 0 aliphatic carbocycles. The standard InChI is InChI=1S/C21H27ClN4O4S/c1-4-26(5-2)31(28,29)18-15-16(9-10-17(18)30-3)21(27)25-13-11-24(12-14-25)20-8-6-7-19(22)23-20/h6-10,15H,4-5,11-14H2,1-3H3. The van der Waals surface area contributed by atoms with Crippen LogP contribution < -0.4 is 9.64 Å². The van der Waals surface area contributed by atoms with Crippen LogP contribution in [-0.4, -0.2) is 74.9 Å². The van der Waals surface area contributed by atoms with Crippen molar-refractivity contribution in [1.82, 2.24) is 14.2 Å². The fraction of sp³-hybridized carbons (Fsp3) is 0.429. The molecule has 1 saturated heterocycles. The number of aromatic nitrogens is 1. The molecule has 1 aromatic carbocycles. The molecule has 0 unspecified atom stereocenters. The van der Waals surface area contributed by atoms with Gasteiger partial charge in [-0.1, -0.05) is 31.5 Å². The van der Waals surface area contributed by atoms with Gasteiger partial charge in [0.2, 0.25) is 10.0 Å². The lowest BCUT2D eigenvalue weighted by Crippen LogP contribution is -2.49. The summed E-state index contributed by atoms with van der Waals surface area (Å²) in [6.07, 6.45) is 0. The second-order valence-electron chi connectivity index (χ2n) is 7.05. The number of hydrogen-bond donors (Lipinski definition) is 0. The van der Waals surface area contributed by atoms with Crippen molar-refractivity contribution in [3.63, 3.8) is 0 Å². The Balaban J connectivity index is 1.80. The summed E-state index contributed by atoms with van der Waals surface area (Å²) < 4.78 is 32.7. The molecule has 1 aliphatic rings. The van der Waals surface area contributed by atoms with Gasteiger partial charge in [-0.3, -0.25) is 4.79 Å². The molecule has 0 N–H and O–H groups in total. The van der Waals surface area contributed by atoms with E-state index in [-0.39, 0.29) is 16.6 Å². The number of rotatable bonds is 7. The van der Waals surface area contributed by atoms with Crippen LogP contribution in [0.3, 0.4) is 0 Å². The van der Waals surface area contributed by atoms with Crippen LogP contribution in [0.1, 0.15) is 24.2 Å². The average molecular weight is 467 g/mol. The monoisotopic (exact) mass is 466 g/mol. The van der Waals surface area contributed by atoms with Crippen LogP contribution >= 0.6 is 11.6 Å². The van der Waals surface area contributed by atoms with Gasteiger partial charge in [-0.2, -0.15) is 4.31 Å². The maximum atomic E-state index is 13.1. The Hall–Kier alpha value is -2.36. The SMILES string of the molecule is CCN(CC)S(=O)(=O)c1cc(C(=O)N2CCN(c3cccc(Cl)n3)CC2)ccc1OC. The van der Waals surface area contributed by atoms with Crippen LogP contribution in [0.25, 0.3) is 0 Å². The number of halogens is 1. The number of hydrogen-bond acceptors (Lipinski definition) is 6. The minimum Gasteiger partial charge on any atom is -0.495 e. The van der Waals surface area contributed by atoms with E-state index in [0.29, 0.717) is 50.0 Å². The number of pyridine rings is 1. The van der Waals surface area contributed by atoms with Crippen molar-refractivity contribution in [2.24, 2.45) is 0 Å². The fourth-order valence-electron chi connectivity index (χ4n) is 3.61. The smallest absolute Gasteiger partial charge is 0.254 e. The predicted octanol–water partition coefficient (Wildman–Crippen LogP) is 2.74. The van der Waals surface area contributed by atoms with E-state index in [1.54, 1.807) is 30.9 Å². The number of benzene rings is 1. The third kappa shape index (κ3) is 4.94. The molecule has 0 spiro atoms. The highest BCUT2D eigenvalue weighted by molar-refractivity contribution is 7.89. The first-order valence-electron chi connectivity index (χ1n) is 10.2. The van der Waals surface area contributed by atoms with E-state index in [4.69, 9.17) is 16.3 Å². The fourth-order valence-corrected chi connectivity index (χ4v) is 5.41. The van der Waals surface area contributed by atoms with Gasteiger partial charge in [0.25, 0.3) is 5.91 Å². The molecule has 0 saturated carbocycles. The normalized spacial score (nSPS) is 14.7. The zero-order valence-corrected chi connectivity index (χ0v) is 19.5. The summed E-state index contributed by atoms with van der Waals surface area (Å²) in [6, 6.07) is 10.0. The first-order chi connectivity index (χ1) is 14.8. The molecule has 0 bridgehead atoms. The summed E-state index contributed by atoms with van der Waals surface area (Å²) in [4.78, 5) is 21.2. The van der Waals surface area contributed by atoms with Crippen molar-refractivity contribution in [3.8, 4) is 5.75 Å². The van der Waals surface area contributed by atoms with E-state index in [1.165, 1.54) is 23.5 Å². The van der Waals surface area contributed by atoms with E-state index in [2.05, 4.69) is 9.88 Å². The predicted molar refractivity (Wildman–Crippen MR) is 120 cm³/mol. The van der Waals surface area contributed by atoms with Crippen molar-refractivity contribution >= 4 is 33.3 Å². The largest absolute Gasteiger partial charge is 0.495 e. The Morgan fingerprint density at radius 1 is 1.13 bits per heavy atom. The number of ether oxygens (including phenoxy) is 1. The maximum Gasteiger partial charge on any atom is 0.254 e. The zero-order chi connectivity index (χ0) is 22.6. The maximum absolute atomic E-state index is 13.1. The Kier molecular flexibility index (Phi) is 7.40. The summed E-state index contributed by atoms with van der Waals surface area (Å²) in [5, 5.41) is 0.427. The molecule has 1 aliphatic heterocycles. The highest BCUT2D eigenvalue weighted by Gasteiger charge is 2.29. The Morgan fingerprint density at radius 3 is 2.39 bits per heavy atom. The summed E-state index contributed by atoms with van der Waals surface area (Å²) in [5.41, 5.74) is 0.320. The van der Waals surface area contributed by atoms with Crippen LogP contribution in [0.5, 0.6) is 5.75 Å². The highest BCUT2D eigenvalue weighted by atomic mass is 35.5. The zero-order valence-electron chi connectivity index (χ0n) is 17.9. The van der Waals surface area contributed by atoms with E-state index >= 15 is 0 Å². The molecule has 3 rings (SSSR count). The molecule has 1 fully saturated rings. The van der Waals surface area contributed by atoms with Crippen LogP contribution in [-0.2, 0) is 10.0 Å². The number of nitrogens with zero attached hydrogens (tertiary/aromatic N) is 4. The lowest BCUT2D eigenvalue weighted by Gasteiger charge is -2.35. The Bertz CT molecular complexity index is 1040. The molecule has 168 valence electrons. The lowest BCUT2D eigenvalue weighted by atomic mass is 10.1. The molecular weight excluding hydrogens is 440 g/mol. The third-order valence-corrected chi connectivity index (χ3v) is 7.61. The van der Waals surface area contributed by atoms with E-state index < -0.39 is 10.0 Å². The van der Waals surface area contributed by atoms with Crippen molar-refractivity contribution < 1.29 is 17.9 Å². The van der Waals surface area contributed by atoms with Crippen LogP contribution in [0.15, 0.2) is 41.3 Å². The third-order valence-electron chi connectivity index (χ3n) is 5.33. The number of methoxy groups -OCH3 is 1. The van der Waals surface area contributed by atoms with E-state index in [0.717, 1.165) is 5.82 Å². The molecule has 31 heavy (non-hydrogen) atoms. The van der Waals surface area contributed by atoms with Gasteiger partial charge in [0.15, 0.2) is 0 Å². The summed E-state index contributed by atoms with van der Waals surface area (Å²) in [6.45, 7) is 6.43. The molecule has 0 radical (unpaired) electrons.